The Bertz CT molecular complexity index is 805. The van der Waals surface area contributed by atoms with Crippen LogP contribution in [0, 0.1) is 10.6 Å². The number of nitrogens with one attached hydrogen (secondary N) is 1. The van der Waals surface area contributed by atoms with Gasteiger partial charge in [0.1, 0.15) is 5.82 Å². The van der Waals surface area contributed by atoms with Crippen LogP contribution in [-0.2, 0) is 0 Å². The molecule has 2 nitrogen and oxygen atoms in total. The summed E-state index contributed by atoms with van der Waals surface area (Å²) in [6, 6.07) is 7.22. The van der Waals surface area contributed by atoms with E-state index >= 15 is 0 Å². The third-order valence-corrected chi connectivity index (χ3v) is 4.89. The molecule has 1 atom stereocenters. The molecule has 0 bridgehead atoms. The molecule has 0 saturated heterocycles. The molecule has 6 heteroatoms. The van der Waals surface area contributed by atoms with E-state index in [0.717, 1.165) is 17.5 Å². The molecule has 2 heterocycles. The van der Waals surface area contributed by atoms with Crippen LogP contribution in [0.1, 0.15) is 24.3 Å². The maximum Gasteiger partial charge on any atom is 0.178 e. The standard InChI is InChI=1S/C14H12ClFN2S2/c1-2-11(13-4-3-5-20-13)18-12-7-9(16)8(15)6-10(12)17-14(18)19/h3-7,11H,2H2,1H3,(H,17,19). The van der Waals surface area contributed by atoms with Crippen LogP contribution < -0.4 is 0 Å². The van der Waals surface area contributed by atoms with E-state index in [1.165, 1.54) is 10.9 Å². The van der Waals surface area contributed by atoms with Crippen molar-refractivity contribution in [2.24, 2.45) is 0 Å². The maximum atomic E-state index is 13.8. The predicted octanol–water partition coefficient (Wildman–Crippen LogP) is 5.55. The van der Waals surface area contributed by atoms with Gasteiger partial charge in [0.2, 0.25) is 0 Å². The Morgan fingerprint density at radius 2 is 2.30 bits per heavy atom. The smallest absolute Gasteiger partial charge is 0.178 e. The van der Waals surface area contributed by atoms with Crippen LogP contribution in [0.5, 0.6) is 0 Å². The van der Waals surface area contributed by atoms with Gasteiger partial charge in [-0.25, -0.2) is 4.39 Å². The van der Waals surface area contributed by atoms with E-state index in [2.05, 4.69) is 18.0 Å². The number of nitrogens with zero attached hydrogens (tertiary/aromatic N) is 1. The number of H-pyrrole nitrogens is 1. The summed E-state index contributed by atoms with van der Waals surface area (Å²) >= 11 is 12.9. The van der Waals surface area contributed by atoms with Crippen LogP contribution in [0.4, 0.5) is 4.39 Å². The first kappa shape index (κ1) is 13.8. The second-order valence-corrected chi connectivity index (χ2v) is 6.30. The lowest BCUT2D eigenvalue weighted by Gasteiger charge is -2.16. The highest BCUT2D eigenvalue weighted by Gasteiger charge is 2.18. The van der Waals surface area contributed by atoms with Crippen molar-refractivity contribution in [3.63, 3.8) is 0 Å². The second-order valence-electron chi connectivity index (χ2n) is 4.52. The van der Waals surface area contributed by atoms with Gasteiger partial charge in [0.05, 0.1) is 22.1 Å². The Morgan fingerprint density at radius 3 is 2.95 bits per heavy atom. The minimum atomic E-state index is -0.428. The van der Waals surface area contributed by atoms with Crippen LogP contribution in [-0.4, -0.2) is 9.55 Å². The molecule has 20 heavy (non-hydrogen) atoms. The van der Waals surface area contributed by atoms with Crippen molar-refractivity contribution in [2.45, 2.75) is 19.4 Å². The largest absolute Gasteiger partial charge is 0.331 e. The number of fused-ring (bicyclic) bond motifs is 1. The van der Waals surface area contributed by atoms with Crippen LogP contribution in [0.25, 0.3) is 11.0 Å². The van der Waals surface area contributed by atoms with Gasteiger partial charge in [-0.1, -0.05) is 24.6 Å². The maximum absolute atomic E-state index is 13.8. The molecule has 3 rings (SSSR count). The highest BCUT2D eigenvalue weighted by molar-refractivity contribution is 7.71. The van der Waals surface area contributed by atoms with Crippen molar-refractivity contribution >= 4 is 46.2 Å². The number of aromatic amines is 1. The van der Waals surface area contributed by atoms with Gasteiger partial charge in [0.25, 0.3) is 0 Å². The number of hydrogen-bond donors (Lipinski definition) is 1. The number of benzene rings is 1. The minimum absolute atomic E-state index is 0.102. The molecule has 2 aromatic heterocycles. The van der Waals surface area contributed by atoms with Crippen molar-refractivity contribution in [1.82, 2.24) is 9.55 Å². The zero-order valence-corrected chi connectivity index (χ0v) is 13.1. The number of imidazole rings is 1. The molecule has 0 fully saturated rings. The Morgan fingerprint density at radius 1 is 1.50 bits per heavy atom. The summed E-state index contributed by atoms with van der Waals surface area (Å²) in [6.07, 6.45) is 0.881. The SMILES string of the molecule is CCC(c1cccs1)n1c(=S)[nH]c2cc(Cl)c(F)cc21. The molecule has 1 N–H and O–H groups in total. The van der Waals surface area contributed by atoms with Gasteiger partial charge in [0, 0.05) is 10.9 Å². The van der Waals surface area contributed by atoms with Crippen LogP contribution in [0.15, 0.2) is 29.6 Å². The molecule has 0 aliphatic carbocycles. The van der Waals surface area contributed by atoms with Gasteiger partial charge in [-0.15, -0.1) is 11.3 Å². The predicted molar refractivity (Wildman–Crippen MR) is 84.8 cm³/mol. The van der Waals surface area contributed by atoms with Crippen LogP contribution >= 0.6 is 35.2 Å². The normalized spacial score (nSPS) is 12.9. The van der Waals surface area contributed by atoms with Crippen molar-refractivity contribution in [1.29, 1.82) is 0 Å². The molecule has 0 radical (unpaired) electrons. The lowest BCUT2D eigenvalue weighted by molar-refractivity contribution is 0.581. The first-order chi connectivity index (χ1) is 9.61. The fraction of sp³-hybridized carbons (Fsp3) is 0.214. The first-order valence-electron chi connectivity index (χ1n) is 6.24. The molecule has 3 aromatic rings. The monoisotopic (exact) mass is 326 g/mol. The molecular weight excluding hydrogens is 315 g/mol. The highest BCUT2D eigenvalue weighted by Crippen LogP contribution is 2.31. The molecule has 0 saturated carbocycles. The molecule has 1 unspecified atom stereocenters. The lowest BCUT2D eigenvalue weighted by atomic mass is 10.1. The Labute approximate surface area is 129 Å². The fourth-order valence-electron chi connectivity index (χ4n) is 2.42. The van der Waals surface area contributed by atoms with Crippen molar-refractivity contribution < 1.29 is 4.39 Å². The quantitative estimate of drug-likeness (QED) is 0.625. The van der Waals surface area contributed by atoms with E-state index in [0.29, 0.717) is 4.77 Å². The molecule has 0 amide bonds. The summed E-state index contributed by atoms with van der Waals surface area (Å²) in [5, 5.41) is 2.14. The zero-order valence-electron chi connectivity index (χ0n) is 10.7. The second kappa shape index (κ2) is 5.31. The van der Waals surface area contributed by atoms with Crippen LogP contribution in [0.2, 0.25) is 5.02 Å². The molecular formula is C14H12ClFN2S2. The van der Waals surface area contributed by atoms with E-state index < -0.39 is 5.82 Å². The van der Waals surface area contributed by atoms with Gasteiger partial charge in [0.15, 0.2) is 4.77 Å². The van der Waals surface area contributed by atoms with Gasteiger partial charge in [-0.2, -0.15) is 0 Å². The molecule has 0 aliphatic heterocycles. The number of aromatic nitrogens is 2. The fourth-order valence-corrected chi connectivity index (χ4v) is 3.82. The Kier molecular flexibility index (Phi) is 3.67. The minimum Gasteiger partial charge on any atom is -0.331 e. The third kappa shape index (κ3) is 2.20. The Hall–Kier alpha value is -1.17. The Balaban J connectivity index is 2.27. The van der Waals surface area contributed by atoms with Crippen LogP contribution in [0.3, 0.4) is 0 Å². The van der Waals surface area contributed by atoms with Crippen molar-refractivity contribution in [3.8, 4) is 0 Å². The van der Waals surface area contributed by atoms with E-state index in [1.54, 1.807) is 17.4 Å². The number of thiophene rings is 1. The molecule has 0 spiro atoms. The van der Waals surface area contributed by atoms with E-state index in [1.807, 2.05) is 16.0 Å². The zero-order chi connectivity index (χ0) is 14.3. The average Bonchev–Trinajstić information content (AvgIpc) is 3.02. The summed E-state index contributed by atoms with van der Waals surface area (Å²) in [5.41, 5.74) is 1.51. The van der Waals surface area contributed by atoms with E-state index in [9.17, 15) is 4.39 Å². The molecule has 1 aromatic carbocycles. The average molecular weight is 327 g/mol. The summed E-state index contributed by atoms with van der Waals surface area (Å²) in [7, 11) is 0. The lowest BCUT2D eigenvalue weighted by Crippen LogP contribution is -2.08. The van der Waals surface area contributed by atoms with Gasteiger partial charge < -0.3 is 9.55 Å². The number of hydrogen-bond acceptors (Lipinski definition) is 2. The van der Waals surface area contributed by atoms with E-state index in [4.69, 9.17) is 23.8 Å². The van der Waals surface area contributed by atoms with Gasteiger partial charge in [-0.3, -0.25) is 0 Å². The summed E-state index contributed by atoms with van der Waals surface area (Å²) < 4.78 is 16.3. The van der Waals surface area contributed by atoms with Crippen molar-refractivity contribution in [2.75, 3.05) is 0 Å². The summed E-state index contributed by atoms with van der Waals surface area (Å²) in [5.74, 6) is -0.428. The first-order valence-corrected chi connectivity index (χ1v) is 7.91. The summed E-state index contributed by atoms with van der Waals surface area (Å²) in [6.45, 7) is 2.09. The van der Waals surface area contributed by atoms with Gasteiger partial charge >= 0.3 is 0 Å². The van der Waals surface area contributed by atoms with Crippen molar-refractivity contribution in [3.05, 3.63) is 50.1 Å². The van der Waals surface area contributed by atoms with E-state index in [-0.39, 0.29) is 11.1 Å². The summed E-state index contributed by atoms with van der Waals surface area (Å²) in [4.78, 5) is 4.31. The molecule has 104 valence electrons. The number of rotatable bonds is 3. The molecule has 0 aliphatic rings. The topological polar surface area (TPSA) is 20.7 Å². The highest BCUT2D eigenvalue weighted by atomic mass is 35.5. The van der Waals surface area contributed by atoms with Gasteiger partial charge in [-0.05, 0) is 36.2 Å². The number of halogens is 2. The third-order valence-electron chi connectivity index (χ3n) is 3.33.